The van der Waals surface area contributed by atoms with E-state index in [9.17, 15) is 4.79 Å². The summed E-state index contributed by atoms with van der Waals surface area (Å²) >= 11 is 1.13. The van der Waals surface area contributed by atoms with Gasteiger partial charge in [0.15, 0.2) is 0 Å². The van der Waals surface area contributed by atoms with Crippen molar-refractivity contribution in [2.75, 3.05) is 0 Å². The molecule has 0 atom stereocenters. The molecule has 1 N–H and O–H groups in total. The lowest BCUT2D eigenvalue weighted by Crippen LogP contribution is -2.22. The van der Waals surface area contributed by atoms with Crippen LogP contribution >= 0.6 is 11.5 Å². The van der Waals surface area contributed by atoms with Crippen molar-refractivity contribution in [1.29, 1.82) is 0 Å². The molecule has 0 radical (unpaired) electrons. The van der Waals surface area contributed by atoms with Crippen molar-refractivity contribution < 1.29 is 4.79 Å². The van der Waals surface area contributed by atoms with Gasteiger partial charge in [0.1, 0.15) is 4.88 Å². The van der Waals surface area contributed by atoms with Crippen molar-refractivity contribution in [3.63, 3.8) is 0 Å². The predicted octanol–water partition coefficient (Wildman–Crippen LogP) is 0.764. The van der Waals surface area contributed by atoms with Gasteiger partial charge in [0.25, 0.3) is 5.91 Å². The minimum atomic E-state index is -0.124. The highest BCUT2D eigenvalue weighted by Crippen LogP contribution is 2.11. The van der Waals surface area contributed by atoms with Crippen LogP contribution in [0.3, 0.4) is 0 Å². The fourth-order valence-electron chi connectivity index (χ4n) is 1.44. The molecule has 0 fully saturated rings. The van der Waals surface area contributed by atoms with Gasteiger partial charge in [-0.1, -0.05) is 11.4 Å². The van der Waals surface area contributed by atoms with Gasteiger partial charge in [-0.05, 0) is 18.0 Å². The summed E-state index contributed by atoms with van der Waals surface area (Å²) in [6.45, 7) is 2.42. The molecule has 0 bridgehead atoms. The van der Waals surface area contributed by atoms with Crippen LogP contribution in [0.25, 0.3) is 0 Å². The van der Waals surface area contributed by atoms with Gasteiger partial charge in [0.2, 0.25) is 0 Å². The molecule has 0 unspecified atom stereocenters. The standard InChI is InChI=1S/C10H13N5OS/c1-3-8-9(17-14-13-8)10(16)11-4-7-5-12-15(2)6-7/h5-6H,3-4H2,1-2H3,(H,11,16). The molecule has 7 heteroatoms. The van der Waals surface area contributed by atoms with Gasteiger partial charge in [-0.3, -0.25) is 9.48 Å². The van der Waals surface area contributed by atoms with Crippen LogP contribution in [0.15, 0.2) is 12.4 Å². The molecule has 1 amide bonds. The van der Waals surface area contributed by atoms with E-state index >= 15 is 0 Å². The highest BCUT2D eigenvalue weighted by atomic mass is 32.1. The van der Waals surface area contributed by atoms with Crippen molar-refractivity contribution in [3.8, 4) is 0 Å². The summed E-state index contributed by atoms with van der Waals surface area (Å²) in [5.74, 6) is -0.124. The van der Waals surface area contributed by atoms with Crippen molar-refractivity contribution in [2.24, 2.45) is 7.05 Å². The summed E-state index contributed by atoms with van der Waals surface area (Å²) in [5, 5.41) is 10.8. The number of hydrogen-bond acceptors (Lipinski definition) is 5. The van der Waals surface area contributed by atoms with E-state index in [1.54, 1.807) is 10.9 Å². The van der Waals surface area contributed by atoms with E-state index in [0.717, 1.165) is 22.8 Å². The summed E-state index contributed by atoms with van der Waals surface area (Å²) in [7, 11) is 1.84. The molecule has 17 heavy (non-hydrogen) atoms. The lowest BCUT2D eigenvalue weighted by molar-refractivity contribution is 0.0954. The zero-order chi connectivity index (χ0) is 12.3. The maximum atomic E-state index is 11.9. The maximum Gasteiger partial charge on any atom is 0.265 e. The molecule has 0 saturated carbocycles. The quantitative estimate of drug-likeness (QED) is 0.871. The second kappa shape index (κ2) is 5.05. The van der Waals surface area contributed by atoms with E-state index in [-0.39, 0.29) is 5.91 Å². The molecule has 0 aliphatic carbocycles. The van der Waals surface area contributed by atoms with Gasteiger partial charge in [-0.25, -0.2) is 0 Å². The zero-order valence-corrected chi connectivity index (χ0v) is 10.5. The van der Waals surface area contributed by atoms with Crippen LogP contribution in [0.5, 0.6) is 0 Å². The highest BCUT2D eigenvalue weighted by Gasteiger charge is 2.14. The number of carbonyl (C=O) groups excluding carboxylic acids is 1. The summed E-state index contributed by atoms with van der Waals surface area (Å²) in [6.07, 6.45) is 4.31. The molecule has 6 nitrogen and oxygen atoms in total. The van der Waals surface area contributed by atoms with Crippen LogP contribution < -0.4 is 5.32 Å². The lowest BCUT2D eigenvalue weighted by atomic mass is 10.3. The summed E-state index contributed by atoms with van der Waals surface area (Å²) in [5.41, 5.74) is 1.72. The Bertz CT molecular complexity index is 518. The van der Waals surface area contributed by atoms with E-state index in [0.29, 0.717) is 17.8 Å². The Morgan fingerprint density at radius 3 is 3.06 bits per heavy atom. The lowest BCUT2D eigenvalue weighted by Gasteiger charge is -2.01. The fraction of sp³-hybridized carbons (Fsp3) is 0.400. The van der Waals surface area contributed by atoms with Gasteiger partial charge in [0, 0.05) is 25.4 Å². The van der Waals surface area contributed by atoms with E-state index in [1.807, 2.05) is 20.2 Å². The van der Waals surface area contributed by atoms with E-state index in [2.05, 4.69) is 20.0 Å². The van der Waals surface area contributed by atoms with E-state index < -0.39 is 0 Å². The molecule has 2 aromatic rings. The first-order valence-corrected chi connectivity index (χ1v) is 6.05. The van der Waals surface area contributed by atoms with Gasteiger partial charge < -0.3 is 5.32 Å². The number of nitrogens with one attached hydrogen (secondary N) is 1. The molecule has 2 aromatic heterocycles. The van der Waals surface area contributed by atoms with E-state index in [1.165, 1.54) is 0 Å². The average molecular weight is 251 g/mol. The third-order valence-electron chi connectivity index (χ3n) is 2.31. The number of rotatable bonds is 4. The van der Waals surface area contributed by atoms with Gasteiger partial charge in [0.05, 0.1) is 11.9 Å². The first-order chi connectivity index (χ1) is 8.20. The van der Waals surface area contributed by atoms with Gasteiger partial charge in [-0.2, -0.15) is 5.10 Å². The minimum Gasteiger partial charge on any atom is -0.347 e. The van der Waals surface area contributed by atoms with Gasteiger partial charge >= 0.3 is 0 Å². The molecule has 90 valence electrons. The second-order valence-electron chi connectivity index (χ2n) is 3.61. The third-order valence-corrected chi connectivity index (χ3v) is 3.08. The first kappa shape index (κ1) is 11.7. The Labute approximate surface area is 103 Å². The summed E-state index contributed by atoms with van der Waals surface area (Å²) in [6, 6.07) is 0. The van der Waals surface area contributed by atoms with Crippen molar-refractivity contribution in [1.82, 2.24) is 24.7 Å². The average Bonchev–Trinajstić information content (AvgIpc) is 2.94. The molecule has 0 saturated heterocycles. The van der Waals surface area contributed by atoms with Crippen molar-refractivity contribution >= 4 is 17.4 Å². The predicted molar refractivity (Wildman–Crippen MR) is 63.7 cm³/mol. The number of carbonyl (C=O) groups is 1. The SMILES string of the molecule is CCc1nnsc1C(=O)NCc1cnn(C)c1. The van der Waals surface area contributed by atoms with Gasteiger partial charge in [-0.15, -0.1) is 5.10 Å². The minimum absolute atomic E-state index is 0.124. The topological polar surface area (TPSA) is 72.7 Å². The van der Waals surface area contributed by atoms with Crippen LogP contribution in [0.2, 0.25) is 0 Å². The summed E-state index contributed by atoms with van der Waals surface area (Å²) in [4.78, 5) is 12.5. The molecular weight excluding hydrogens is 238 g/mol. The smallest absolute Gasteiger partial charge is 0.265 e. The number of hydrogen-bond donors (Lipinski definition) is 1. The number of nitrogens with zero attached hydrogens (tertiary/aromatic N) is 4. The van der Waals surface area contributed by atoms with Crippen LogP contribution in [0, 0.1) is 0 Å². The van der Waals surface area contributed by atoms with E-state index in [4.69, 9.17) is 0 Å². The van der Waals surface area contributed by atoms with Crippen LogP contribution in [-0.2, 0) is 20.0 Å². The largest absolute Gasteiger partial charge is 0.347 e. The number of amides is 1. The molecule has 2 heterocycles. The Hall–Kier alpha value is -1.76. The highest BCUT2D eigenvalue weighted by molar-refractivity contribution is 7.08. The maximum absolute atomic E-state index is 11.9. The van der Waals surface area contributed by atoms with Crippen LogP contribution in [-0.4, -0.2) is 25.3 Å². The van der Waals surface area contributed by atoms with Crippen molar-refractivity contribution in [3.05, 3.63) is 28.5 Å². The molecule has 0 aromatic carbocycles. The molecular formula is C10H13N5OS. The Kier molecular flexibility index (Phi) is 3.48. The van der Waals surface area contributed by atoms with Crippen molar-refractivity contribution in [2.45, 2.75) is 19.9 Å². The number of aryl methyl sites for hydroxylation is 2. The molecule has 0 aliphatic heterocycles. The molecule has 2 rings (SSSR count). The Morgan fingerprint density at radius 1 is 1.59 bits per heavy atom. The third kappa shape index (κ3) is 2.68. The molecule has 0 spiro atoms. The first-order valence-electron chi connectivity index (χ1n) is 5.27. The van der Waals surface area contributed by atoms with Crippen LogP contribution in [0.4, 0.5) is 0 Å². The fourth-order valence-corrected chi connectivity index (χ4v) is 2.10. The Balaban J connectivity index is 1.98. The second-order valence-corrected chi connectivity index (χ2v) is 4.36. The number of aromatic nitrogens is 4. The zero-order valence-electron chi connectivity index (χ0n) is 9.67. The normalized spacial score (nSPS) is 10.5. The summed E-state index contributed by atoms with van der Waals surface area (Å²) < 4.78 is 5.49. The molecule has 0 aliphatic rings. The Morgan fingerprint density at radius 2 is 2.41 bits per heavy atom. The monoisotopic (exact) mass is 251 g/mol. The van der Waals surface area contributed by atoms with Crippen LogP contribution in [0.1, 0.15) is 27.9 Å².